The zero-order valence-corrected chi connectivity index (χ0v) is 9.68. The largest absolute Gasteiger partial charge is 0.356 e. The van der Waals surface area contributed by atoms with Gasteiger partial charge >= 0.3 is 0 Å². The molecule has 3 heteroatoms. The van der Waals surface area contributed by atoms with Gasteiger partial charge in [-0.15, -0.1) is 0 Å². The van der Waals surface area contributed by atoms with Crippen molar-refractivity contribution in [2.45, 2.75) is 52.5 Å². The smallest absolute Gasteiger partial charge is 0.220 e. The first-order valence-corrected chi connectivity index (χ1v) is 5.58. The summed E-state index contributed by atoms with van der Waals surface area (Å²) in [7, 11) is 0. The lowest BCUT2D eigenvalue weighted by Gasteiger charge is -2.10. The fourth-order valence-electron chi connectivity index (χ4n) is 1.11. The average molecular weight is 200 g/mol. The molecule has 14 heavy (non-hydrogen) atoms. The minimum Gasteiger partial charge on any atom is -0.356 e. The van der Waals surface area contributed by atoms with Crippen molar-refractivity contribution in [2.75, 3.05) is 6.54 Å². The van der Waals surface area contributed by atoms with Gasteiger partial charge in [0, 0.05) is 19.0 Å². The average Bonchev–Trinajstić information content (AvgIpc) is 2.13. The van der Waals surface area contributed by atoms with Crippen LogP contribution in [0.5, 0.6) is 0 Å². The second kappa shape index (κ2) is 7.80. The number of amides is 1. The van der Waals surface area contributed by atoms with Crippen LogP contribution in [0.3, 0.4) is 0 Å². The van der Waals surface area contributed by atoms with Gasteiger partial charge in [-0.25, -0.2) is 0 Å². The molecule has 0 fully saturated rings. The molecule has 3 N–H and O–H groups in total. The summed E-state index contributed by atoms with van der Waals surface area (Å²) in [6.07, 6.45) is 3.54. The Morgan fingerprint density at radius 2 is 2.07 bits per heavy atom. The maximum absolute atomic E-state index is 11.3. The predicted molar refractivity (Wildman–Crippen MR) is 60.0 cm³/mol. The van der Waals surface area contributed by atoms with E-state index in [9.17, 15) is 4.79 Å². The third kappa shape index (κ3) is 8.05. The summed E-state index contributed by atoms with van der Waals surface area (Å²) in [5.41, 5.74) is 5.59. The molecule has 84 valence electrons. The molecule has 0 aliphatic carbocycles. The minimum atomic E-state index is 0.158. The van der Waals surface area contributed by atoms with Gasteiger partial charge in [-0.1, -0.05) is 20.3 Å². The standard InChI is InChI=1S/C11H24N2O/c1-4-9(2)8-13-11(14)7-5-6-10(3)12/h9-10H,4-8,12H2,1-3H3,(H,13,14). The Morgan fingerprint density at radius 3 is 2.57 bits per heavy atom. The Hall–Kier alpha value is -0.570. The van der Waals surface area contributed by atoms with Crippen LogP contribution in [0.1, 0.15) is 46.5 Å². The highest BCUT2D eigenvalue weighted by Crippen LogP contribution is 2.00. The summed E-state index contributed by atoms with van der Waals surface area (Å²) < 4.78 is 0. The second-order valence-electron chi connectivity index (χ2n) is 4.19. The summed E-state index contributed by atoms with van der Waals surface area (Å²) in [6, 6.07) is 0.206. The van der Waals surface area contributed by atoms with Crippen molar-refractivity contribution < 1.29 is 4.79 Å². The summed E-state index contributed by atoms with van der Waals surface area (Å²) in [5, 5.41) is 2.93. The molecule has 0 radical (unpaired) electrons. The van der Waals surface area contributed by atoms with Gasteiger partial charge in [0.1, 0.15) is 0 Å². The van der Waals surface area contributed by atoms with Crippen LogP contribution in [-0.4, -0.2) is 18.5 Å². The molecular weight excluding hydrogens is 176 g/mol. The summed E-state index contributed by atoms with van der Waals surface area (Å²) in [4.78, 5) is 11.3. The highest BCUT2D eigenvalue weighted by atomic mass is 16.1. The lowest BCUT2D eigenvalue weighted by molar-refractivity contribution is -0.121. The normalized spacial score (nSPS) is 14.9. The molecule has 0 aliphatic rings. The summed E-state index contributed by atoms with van der Waals surface area (Å²) >= 11 is 0. The molecular formula is C11H24N2O. The first-order valence-electron chi connectivity index (χ1n) is 5.58. The van der Waals surface area contributed by atoms with Crippen LogP contribution >= 0.6 is 0 Å². The van der Waals surface area contributed by atoms with Crippen LogP contribution in [0.2, 0.25) is 0 Å². The fraction of sp³-hybridized carbons (Fsp3) is 0.909. The van der Waals surface area contributed by atoms with E-state index in [-0.39, 0.29) is 11.9 Å². The monoisotopic (exact) mass is 200 g/mol. The molecule has 3 nitrogen and oxygen atoms in total. The van der Waals surface area contributed by atoms with E-state index < -0.39 is 0 Å². The van der Waals surface area contributed by atoms with E-state index in [1.54, 1.807) is 0 Å². The van der Waals surface area contributed by atoms with Crippen LogP contribution in [0.25, 0.3) is 0 Å². The van der Waals surface area contributed by atoms with E-state index >= 15 is 0 Å². The van der Waals surface area contributed by atoms with Crippen LogP contribution in [0, 0.1) is 5.92 Å². The zero-order valence-electron chi connectivity index (χ0n) is 9.68. The van der Waals surface area contributed by atoms with Gasteiger partial charge in [0.25, 0.3) is 0 Å². The first kappa shape index (κ1) is 13.4. The van der Waals surface area contributed by atoms with Crippen molar-refractivity contribution in [1.29, 1.82) is 0 Å². The maximum Gasteiger partial charge on any atom is 0.220 e. The molecule has 1 amide bonds. The molecule has 0 aromatic carbocycles. The summed E-state index contributed by atoms with van der Waals surface area (Å²) in [6.45, 7) is 7.04. The number of carbonyl (C=O) groups excluding carboxylic acids is 1. The van der Waals surface area contributed by atoms with Crippen LogP contribution in [-0.2, 0) is 4.79 Å². The molecule has 0 aromatic rings. The molecule has 2 atom stereocenters. The van der Waals surface area contributed by atoms with Crippen LogP contribution in [0.4, 0.5) is 0 Å². The number of nitrogens with two attached hydrogens (primary N) is 1. The number of nitrogens with one attached hydrogen (secondary N) is 1. The molecule has 0 aliphatic heterocycles. The summed E-state index contributed by atoms with van der Waals surface area (Å²) in [5.74, 6) is 0.735. The topological polar surface area (TPSA) is 55.1 Å². The van der Waals surface area contributed by atoms with Crippen LogP contribution in [0.15, 0.2) is 0 Å². The SMILES string of the molecule is CCC(C)CNC(=O)CCCC(C)N. The Kier molecular flexibility index (Phi) is 7.48. The van der Waals surface area contributed by atoms with Crippen molar-refractivity contribution in [3.05, 3.63) is 0 Å². The second-order valence-corrected chi connectivity index (χ2v) is 4.19. The fourth-order valence-corrected chi connectivity index (χ4v) is 1.11. The Labute approximate surface area is 87.4 Å². The van der Waals surface area contributed by atoms with E-state index in [0.717, 1.165) is 25.8 Å². The number of hydrogen-bond acceptors (Lipinski definition) is 2. The van der Waals surface area contributed by atoms with Gasteiger partial charge in [0.2, 0.25) is 5.91 Å². The van der Waals surface area contributed by atoms with Crippen molar-refractivity contribution in [3.8, 4) is 0 Å². The predicted octanol–water partition coefficient (Wildman–Crippen LogP) is 1.67. The van der Waals surface area contributed by atoms with E-state index in [4.69, 9.17) is 5.73 Å². The maximum atomic E-state index is 11.3. The van der Waals surface area contributed by atoms with Gasteiger partial charge < -0.3 is 11.1 Å². The van der Waals surface area contributed by atoms with Crippen molar-refractivity contribution in [3.63, 3.8) is 0 Å². The van der Waals surface area contributed by atoms with E-state index in [1.807, 2.05) is 6.92 Å². The minimum absolute atomic E-state index is 0.158. The zero-order chi connectivity index (χ0) is 11.0. The van der Waals surface area contributed by atoms with Gasteiger partial charge in [-0.2, -0.15) is 0 Å². The van der Waals surface area contributed by atoms with Crippen molar-refractivity contribution in [1.82, 2.24) is 5.32 Å². The molecule has 2 unspecified atom stereocenters. The van der Waals surface area contributed by atoms with Crippen molar-refractivity contribution in [2.24, 2.45) is 11.7 Å². The number of hydrogen-bond donors (Lipinski definition) is 2. The molecule has 0 spiro atoms. The Balaban J connectivity index is 3.37. The van der Waals surface area contributed by atoms with E-state index in [2.05, 4.69) is 19.2 Å². The highest BCUT2D eigenvalue weighted by Gasteiger charge is 2.04. The molecule has 0 rings (SSSR count). The van der Waals surface area contributed by atoms with Gasteiger partial charge in [0.15, 0.2) is 0 Å². The number of rotatable bonds is 7. The Morgan fingerprint density at radius 1 is 1.43 bits per heavy atom. The first-order chi connectivity index (χ1) is 6.56. The third-order valence-electron chi connectivity index (χ3n) is 2.41. The highest BCUT2D eigenvalue weighted by molar-refractivity contribution is 5.75. The van der Waals surface area contributed by atoms with Gasteiger partial charge in [0.05, 0.1) is 0 Å². The third-order valence-corrected chi connectivity index (χ3v) is 2.41. The lowest BCUT2D eigenvalue weighted by Crippen LogP contribution is -2.28. The van der Waals surface area contributed by atoms with Gasteiger partial charge in [-0.05, 0) is 25.7 Å². The molecule has 0 saturated heterocycles. The Bertz CT molecular complexity index is 157. The van der Waals surface area contributed by atoms with Crippen LogP contribution < -0.4 is 11.1 Å². The molecule has 0 bridgehead atoms. The quantitative estimate of drug-likeness (QED) is 0.657. The lowest BCUT2D eigenvalue weighted by atomic mass is 10.1. The molecule has 0 aromatic heterocycles. The van der Waals surface area contributed by atoms with Crippen molar-refractivity contribution >= 4 is 5.91 Å². The van der Waals surface area contributed by atoms with Gasteiger partial charge in [-0.3, -0.25) is 4.79 Å². The van der Waals surface area contributed by atoms with E-state index in [1.165, 1.54) is 0 Å². The van der Waals surface area contributed by atoms with E-state index in [0.29, 0.717) is 12.3 Å². The molecule has 0 saturated carbocycles. The molecule has 0 heterocycles. The number of carbonyl (C=O) groups is 1.